The third kappa shape index (κ3) is 7.13. The fourth-order valence-electron chi connectivity index (χ4n) is 3.38. The Morgan fingerprint density at radius 1 is 1.06 bits per heavy atom. The smallest absolute Gasteiger partial charge is 0.329 e. The van der Waals surface area contributed by atoms with Gasteiger partial charge in [-0.25, -0.2) is 12.8 Å². The number of hydrogen-bond donors (Lipinski definition) is 0. The van der Waals surface area contributed by atoms with E-state index in [1.54, 1.807) is 18.3 Å². The van der Waals surface area contributed by atoms with E-state index in [-0.39, 0.29) is 24.3 Å². The molecule has 0 radical (unpaired) electrons. The minimum atomic E-state index is -4.28. The van der Waals surface area contributed by atoms with E-state index >= 15 is 0 Å². The number of nitrogens with zero attached hydrogens (tertiary/aromatic N) is 1. The van der Waals surface area contributed by atoms with Crippen molar-refractivity contribution in [2.75, 3.05) is 6.61 Å². The Labute approximate surface area is 196 Å². The summed E-state index contributed by atoms with van der Waals surface area (Å²) in [7, 11) is -4.28. The fourth-order valence-corrected chi connectivity index (χ4v) is 5.22. The maximum Gasteiger partial charge on any atom is 0.329 e. The molecule has 7 heteroatoms. The summed E-state index contributed by atoms with van der Waals surface area (Å²) in [4.78, 5) is 17.4. The number of esters is 1. The van der Waals surface area contributed by atoms with Gasteiger partial charge in [-0.15, -0.1) is 11.8 Å². The maximum absolute atomic E-state index is 13.9. The van der Waals surface area contributed by atoms with E-state index in [1.165, 1.54) is 18.3 Å². The second kappa shape index (κ2) is 13.1. The Morgan fingerprint density at radius 3 is 2.42 bits per heavy atom. The zero-order chi connectivity index (χ0) is 24.2. The molecule has 0 bridgehead atoms. The van der Waals surface area contributed by atoms with Crippen LogP contribution in [0.4, 0.5) is 4.39 Å². The first-order valence-corrected chi connectivity index (χ1v) is 12.9. The van der Waals surface area contributed by atoms with Gasteiger partial charge in [0.05, 0.1) is 11.5 Å². The summed E-state index contributed by atoms with van der Waals surface area (Å²) in [6, 6.07) is 7.90. The van der Waals surface area contributed by atoms with E-state index in [0.29, 0.717) is 18.4 Å². The van der Waals surface area contributed by atoms with E-state index in [9.17, 15) is 17.6 Å². The highest BCUT2D eigenvalue weighted by Gasteiger charge is 2.52. The number of unbranched alkanes of at least 4 members (excludes halogenated alkanes) is 4. The van der Waals surface area contributed by atoms with Crippen LogP contribution in [-0.2, 0) is 25.8 Å². The summed E-state index contributed by atoms with van der Waals surface area (Å²) in [5.74, 6) is 4.56. The van der Waals surface area contributed by atoms with Crippen LogP contribution in [0.2, 0.25) is 0 Å². The molecule has 1 unspecified atom stereocenters. The van der Waals surface area contributed by atoms with E-state index in [1.807, 2.05) is 6.92 Å². The van der Waals surface area contributed by atoms with Crippen LogP contribution >= 0.6 is 0 Å². The van der Waals surface area contributed by atoms with Gasteiger partial charge >= 0.3 is 5.97 Å². The first-order valence-electron chi connectivity index (χ1n) is 11.4. The molecule has 0 saturated carbocycles. The van der Waals surface area contributed by atoms with Gasteiger partial charge in [0.25, 0.3) is 0 Å². The predicted octanol–water partition coefficient (Wildman–Crippen LogP) is 5.29. The van der Waals surface area contributed by atoms with Gasteiger partial charge < -0.3 is 4.74 Å². The molecule has 0 saturated heterocycles. The summed E-state index contributed by atoms with van der Waals surface area (Å²) >= 11 is 0. The SMILES string of the molecule is CCCCCC#CCC(Cc1cccnc1)(C(=O)OCCCC)S(=O)(=O)c1ccc(F)cc1. The van der Waals surface area contributed by atoms with E-state index in [0.717, 1.165) is 37.8 Å². The first kappa shape index (κ1) is 26.5. The molecule has 0 aliphatic rings. The number of pyridine rings is 1. The normalized spacial score (nSPS) is 12.9. The Kier molecular flexibility index (Phi) is 10.5. The lowest BCUT2D eigenvalue weighted by molar-refractivity contribution is -0.146. The molecule has 0 amide bonds. The minimum Gasteiger partial charge on any atom is -0.464 e. The van der Waals surface area contributed by atoms with Gasteiger partial charge in [-0.2, -0.15) is 0 Å². The Morgan fingerprint density at radius 2 is 1.79 bits per heavy atom. The molecule has 0 aliphatic carbocycles. The number of carbonyl (C=O) groups is 1. The largest absolute Gasteiger partial charge is 0.464 e. The van der Waals surface area contributed by atoms with Crippen LogP contribution in [0.5, 0.6) is 0 Å². The quantitative estimate of drug-likeness (QED) is 0.181. The average molecular weight is 474 g/mol. The topological polar surface area (TPSA) is 73.3 Å². The van der Waals surface area contributed by atoms with Crippen molar-refractivity contribution in [2.45, 2.75) is 74.9 Å². The molecule has 1 aromatic carbocycles. The highest BCUT2D eigenvalue weighted by atomic mass is 32.2. The maximum atomic E-state index is 13.9. The van der Waals surface area contributed by atoms with Crippen LogP contribution in [0.1, 0.15) is 64.4 Å². The number of rotatable bonds is 12. The van der Waals surface area contributed by atoms with Crippen LogP contribution in [0, 0.1) is 17.7 Å². The molecule has 0 N–H and O–H groups in total. The molecule has 2 aromatic rings. The molecule has 0 fully saturated rings. The van der Waals surface area contributed by atoms with Crippen LogP contribution in [-0.4, -0.2) is 30.7 Å². The number of hydrogen-bond acceptors (Lipinski definition) is 5. The summed E-state index contributed by atoms with van der Waals surface area (Å²) in [5.41, 5.74) is 0.573. The van der Waals surface area contributed by atoms with Crippen molar-refractivity contribution in [3.8, 4) is 11.8 Å². The van der Waals surface area contributed by atoms with Gasteiger partial charge in [0, 0.05) is 31.7 Å². The lowest BCUT2D eigenvalue weighted by atomic mass is 9.96. The third-order valence-electron chi connectivity index (χ3n) is 5.36. The highest BCUT2D eigenvalue weighted by molar-refractivity contribution is 7.93. The first-order chi connectivity index (χ1) is 15.9. The molecule has 1 aromatic heterocycles. The molecule has 178 valence electrons. The molecule has 33 heavy (non-hydrogen) atoms. The second-order valence-electron chi connectivity index (χ2n) is 7.97. The number of benzene rings is 1. The number of carbonyl (C=O) groups excluding carboxylic acids is 1. The average Bonchev–Trinajstić information content (AvgIpc) is 2.81. The van der Waals surface area contributed by atoms with Gasteiger partial charge in [0.1, 0.15) is 5.82 Å². The Bertz CT molecular complexity index is 1040. The van der Waals surface area contributed by atoms with Gasteiger partial charge in [-0.1, -0.05) is 39.2 Å². The fraction of sp³-hybridized carbons (Fsp3) is 0.462. The summed E-state index contributed by atoms with van der Waals surface area (Å²) in [6.07, 6.45) is 7.77. The van der Waals surface area contributed by atoms with Gasteiger partial charge in [0.2, 0.25) is 0 Å². The van der Waals surface area contributed by atoms with Crippen molar-refractivity contribution in [2.24, 2.45) is 0 Å². The third-order valence-corrected chi connectivity index (χ3v) is 7.74. The van der Waals surface area contributed by atoms with Crippen molar-refractivity contribution in [1.82, 2.24) is 4.98 Å². The van der Waals surface area contributed by atoms with Gasteiger partial charge in [-0.3, -0.25) is 9.78 Å². The van der Waals surface area contributed by atoms with Crippen molar-refractivity contribution in [1.29, 1.82) is 0 Å². The lowest BCUT2D eigenvalue weighted by Gasteiger charge is -2.30. The van der Waals surface area contributed by atoms with Crippen LogP contribution in [0.3, 0.4) is 0 Å². The molecule has 0 spiro atoms. The van der Waals surface area contributed by atoms with Crippen molar-refractivity contribution >= 4 is 15.8 Å². The lowest BCUT2D eigenvalue weighted by Crippen LogP contribution is -2.49. The molecule has 1 atom stereocenters. The summed E-state index contributed by atoms with van der Waals surface area (Å²) in [5, 5.41) is 0. The molecular weight excluding hydrogens is 441 g/mol. The van der Waals surface area contributed by atoms with Crippen LogP contribution < -0.4 is 0 Å². The Balaban J connectivity index is 2.56. The van der Waals surface area contributed by atoms with Gasteiger partial charge in [0.15, 0.2) is 14.6 Å². The highest BCUT2D eigenvalue weighted by Crippen LogP contribution is 2.34. The minimum absolute atomic E-state index is 0.118. The number of ether oxygens (including phenoxy) is 1. The second-order valence-corrected chi connectivity index (χ2v) is 10.2. The molecule has 2 rings (SSSR count). The van der Waals surface area contributed by atoms with Crippen molar-refractivity contribution in [3.63, 3.8) is 0 Å². The molecule has 5 nitrogen and oxygen atoms in total. The van der Waals surface area contributed by atoms with Crippen molar-refractivity contribution < 1.29 is 22.3 Å². The number of halogens is 1. The van der Waals surface area contributed by atoms with Crippen LogP contribution in [0.15, 0.2) is 53.7 Å². The molecular formula is C26H32FNO4S. The zero-order valence-corrected chi connectivity index (χ0v) is 20.2. The van der Waals surface area contributed by atoms with Gasteiger partial charge in [-0.05, 0) is 48.7 Å². The monoisotopic (exact) mass is 473 g/mol. The molecule has 0 aliphatic heterocycles. The molecule has 1 heterocycles. The Hall–Kier alpha value is -2.72. The number of sulfone groups is 1. The van der Waals surface area contributed by atoms with E-state index in [4.69, 9.17) is 4.74 Å². The number of aromatic nitrogens is 1. The summed E-state index contributed by atoms with van der Waals surface area (Å²) in [6.45, 7) is 4.16. The zero-order valence-electron chi connectivity index (χ0n) is 19.3. The van der Waals surface area contributed by atoms with E-state index in [2.05, 4.69) is 23.7 Å². The van der Waals surface area contributed by atoms with E-state index < -0.39 is 26.4 Å². The van der Waals surface area contributed by atoms with Crippen LogP contribution in [0.25, 0.3) is 0 Å². The van der Waals surface area contributed by atoms with Crippen molar-refractivity contribution in [3.05, 3.63) is 60.2 Å². The standard InChI is InChI=1S/C26H32FNO4S/c1-3-5-7-8-9-10-17-26(25(29)32-19-6-4-2,20-22-12-11-18-28-21-22)33(30,31)24-15-13-23(27)14-16-24/h11-16,18,21H,3-8,17,19-20H2,1-2H3. The predicted molar refractivity (Wildman–Crippen MR) is 127 cm³/mol. The summed E-state index contributed by atoms with van der Waals surface area (Å²) < 4.78 is 44.8.